The zero-order valence-electron chi connectivity index (χ0n) is 18.6. The van der Waals surface area contributed by atoms with Gasteiger partial charge >= 0.3 is 5.97 Å². The summed E-state index contributed by atoms with van der Waals surface area (Å²) in [4.78, 5) is 38.7. The number of rotatable bonds is 8. The summed E-state index contributed by atoms with van der Waals surface area (Å²) < 4.78 is 0. The summed E-state index contributed by atoms with van der Waals surface area (Å²) in [7, 11) is 0. The molecule has 3 unspecified atom stereocenters. The number of amides is 2. The second kappa shape index (κ2) is 11.0. The van der Waals surface area contributed by atoms with Gasteiger partial charge in [-0.1, -0.05) is 54.4 Å². The van der Waals surface area contributed by atoms with Gasteiger partial charge in [0.25, 0.3) is 0 Å². The van der Waals surface area contributed by atoms with Gasteiger partial charge in [0.05, 0.1) is 12.5 Å². The molecule has 2 aromatic rings. The van der Waals surface area contributed by atoms with Crippen molar-refractivity contribution in [3.63, 3.8) is 0 Å². The summed E-state index contributed by atoms with van der Waals surface area (Å²) >= 11 is 12.4. The maximum absolute atomic E-state index is 13.7. The van der Waals surface area contributed by atoms with Gasteiger partial charge < -0.3 is 15.3 Å². The number of halogens is 2. The number of piperidine rings is 1. The number of carbonyl (C=O) groups is 3. The van der Waals surface area contributed by atoms with E-state index in [1.54, 1.807) is 23.1 Å². The topological polar surface area (TPSA) is 86.7 Å². The molecule has 0 aromatic heterocycles. The van der Waals surface area contributed by atoms with Gasteiger partial charge in [-0.05, 0) is 48.2 Å². The van der Waals surface area contributed by atoms with Crippen LogP contribution in [-0.2, 0) is 14.4 Å². The van der Waals surface area contributed by atoms with E-state index in [0.717, 1.165) is 11.1 Å². The van der Waals surface area contributed by atoms with Crippen molar-refractivity contribution in [1.82, 2.24) is 10.2 Å². The molecule has 0 aliphatic carbocycles. The average molecular weight is 491 g/mol. The van der Waals surface area contributed by atoms with Crippen LogP contribution in [0.4, 0.5) is 0 Å². The minimum absolute atomic E-state index is 0.182. The Morgan fingerprint density at radius 1 is 1.12 bits per heavy atom. The van der Waals surface area contributed by atoms with Crippen LogP contribution in [-0.4, -0.2) is 40.4 Å². The van der Waals surface area contributed by atoms with E-state index >= 15 is 0 Å². The van der Waals surface area contributed by atoms with E-state index in [2.05, 4.69) is 5.32 Å². The molecular weight excluding hydrogens is 463 g/mol. The van der Waals surface area contributed by atoms with Crippen LogP contribution < -0.4 is 5.32 Å². The number of carboxylic acid groups (broad SMARTS) is 1. The van der Waals surface area contributed by atoms with Crippen molar-refractivity contribution in [3.8, 4) is 0 Å². The molecule has 8 heteroatoms. The molecule has 0 radical (unpaired) electrons. The summed E-state index contributed by atoms with van der Waals surface area (Å²) in [6.07, 6.45) is 0.723. The van der Waals surface area contributed by atoms with Crippen LogP contribution in [0.1, 0.15) is 56.2 Å². The summed E-state index contributed by atoms with van der Waals surface area (Å²) in [5.74, 6) is -2.28. The fraction of sp³-hybridized carbons (Fsp3) is 0.400. The van der Waals surface area contributed by atoms with E-state index in [9.17, 15) is 19.5 Å². The highest BCUT2D eigenvalue weighted by Gasteiger charge is 2.46. The average Bonchev–Trinajstić information content (AvgIpc) is 2.76. The number of hydrogen-bond acceptors (Lipinski definition) is 3. The molecule has 176 valence electrons. The first kappa shape index (κ1) is 25.1. The van der Waals surface area contributed by atoms with Crippen molar-refractivity contribution in [2.24, 2.45) is 5.92 Å². The first-order valence-electron chi connectivity index (χ1n) is 11.0. The van der Waals surface area contributed by atoms with E-state index in [4.69, 9.17) is 23.2 Å². The Hall–Kier alpha value is -2.57. The summed E-state index contributed by atoms with van der Waals surface area (Å²) in [5, 5.41) is 13.5. The molecule has 1 aliphatic heterocycles. The number of likely N-dealkylation sites (tertiary alicyclic amines) is 1. The predicted octanol–water partition coefficient (Wildman–Crippen LogP) is 5.06. The Labute approximate surface area is 203 Å². The fourth-order valence-corrected chi connectivity index (χ4v) is 5.00. The highest BCUT2D eigenvalue weighted by atomic mass is 35.5. The zero-order valence-corrected chi connectivity index (χ0v) is 20.1. The Kier molecular flexibility index (Phi) is 8.38. The van der Waals surface area contributed by atoms with Crippen molar-refractivity contribution in [3.05, 3.63) is 69.7 Å². The van der Waals surface area contributed by atoms with Crippen LogP contribution in [0.2, 0.25) is 10.0 Å². The van der Waals surface area contributed by atoms with Gasteiger partial charge in [-0.2, -0.15) is 0 Å². The number of benzene rings is 2. The van der Waals surface area contributed by atoms with Crippen LogP contribution in [0.5, 0.6) is 0 Å². The zero-order chi connectivity index (χ0) is 24.1. The first-order valence-corrected chi connectivity index (χ1v) is 11.8. The van der Waals surface area contributed by atoms with Gasteiger partial charge in [-0.25, -0.2) is 0 Å². The lowest BCUT2D eigenvalue weighted by Crippen LogP contribution is -2.54. The Balaban J connectivity index is 2.15. The monoisotopic (exact) mass is 490 g/mol. The normalized spacial score (nSPS) is 21.5. The Morgan fingerprint density at radius 3 is 2.39 bits per heavy atom. The summed E-state index contributed by atoms with van der Waals surface area (Å²) in [6.45, 7) is 3.67. The molecule has 33 heavy (non-hydrogen) atoms. The lowest BCUT2D eigenvalue weighted by Gasteiger charge is -2.48. The SMILES string of the molecule is CCC(CNC(C)=O)N1C(=O)C(CC(=O)O)C[C@H](c2cccc(Cl)c2)C1c1ccc(Cl)cc1. The fourth-order valence-electron chi connectivity index (χ4n) is 4.68. The standard InChI is InChI=1S/C25H28Cl2N2O4/c1-3-21(14-28-15(2)30)29-24(16-7-9-19(26)10-8-16)22(17-5-4-6-20(27)11-17)12-18(25(29)33)13-23(31)32/h4-11,18,21-22,24H,3,12-14H2,1-2H3,(H,28,30)(H,31,32)/t18?,21?,22-,24?/m1/s1. The molecule has 1 fully saturated rings. The Bertz CT molecular complexity index is 1010. The third kappa shape index (κ3) is 6.06. The van der Waals surface area contributed by atoms with Crippen LogP contribution >= 0.6 is 23.2 Å². The van der Waals surface area contributed by atoms with Crippen molar-refractivity contribution in [2.75, 3.05) is 6.54 Å². The Morgan fingerprint density at radius 2 is 1.82 bits per heavy atom. The van der Waals surface area contributed by atoms with Crippen molar-refractivity contribution in [1.29, 1.82) is 0 Å². The van der Waals surface area contributed by atoms with Crippen LogP contribution in [0.25, 0.3) is 0 Å². The van der Waals surface area contributed by atoms with Crippen molar-refractivity contribution >= 4 is 41.0 Å². The van der Waals surface area contributed by atoms with Gasteiger partial charge in [0, 0.05) is 41.4 Å². The molecule has 0 spiro atoms. The van der Waals surface area contributed by atoms with E-state index in [0.29, 0.717) is 22.9 Å². The van der Waals surface area contributed by atoms with E-state index in [-0.39, 0.29) is 42.8 Å². The second-order valence-electron chi connectivity index (χ2n) is 8.43. The molecule has 0 saturated carbocycles. The lowest BCUT2D eigenvalue weighted by molar-refractivity contribution is -0.152. The van der Waals surface area contributed by atoms with Crippen LogP contribution in [0, 0.1) is 5.92 Å². The van der Waals surface area contributed by atoms with E-state index < -0.39 is 11.9 Å². The highest BCUT2D eigenvalue weighted by Crippen LogP contribution is 2.47. The van der Waals surface area contributed by atoms with Crippen LogP contribution in [0.15, 0.2) is 48.5 Å². The van der Waals surface area contributed by atoms with Gasteiger partial charge in [0.2, 0.25) is 11.8 Å². The van der Waals surface area contributed by atoms with E-state index in [1.165, 1.54) is 6.92 Å². The van der Waals surface area contributed by atoms with Gasteiger partial charge in [0.15, 0.2) is 0 Å². The van der Waals surface area contributed by atoms with Crippen molar-refractivity contribution in [2.45, 2.75) is 51.1 Å². The molecule has 1 saturated heterocycles. The maximum Gasteiger partial charge on any atom is 0.304 e. The minimum atomic E-state index is -1.02. The van der Waals surface area contributed by atoms with Gasteiger partial charge in [-0.3, -0.25) is 14.4 Å². The smallest absolute Gasteiger partial charge is 0.304 e. The largest absolute Gasteiger partial charge is 0.481 e. The number of carbonyl (C=O) groups excluding carboxylic acids is 2. The molecule has 1 heterocycles. The number of nitrogens with one attached hydrogen (secondary N) is 1. The maximum atomic E-state index is 13.7. The second-order valence-corrected chi connectivity index (χ2v) is 9.31. The predicted molar refractivity (Wildman–Crippen MR) is 128 cm³/mol. The molecule has 0 bridgehead atoms. The van der Waals surface area contributed by atoms with Crippen molar-refractivity contribution < 1.29 is 19.5 Å². The molecule has 6 nitrogen and oxygen atoms in total. The third-order valence-electron chi connectivity index (χ3n) is 6.18. The summed E-state index contributed by atoms with van der Waals surface area (Å²) in [5.41, 5.74) is 1.83. The van der Waals surface area contributed by atoms with E-state index in [1.807, 2.05) is 37.3 Å². The van der Waals surface area contributed by atoms with Crippen LogP contribution in [0.3, 0.4) is 0 Å². The molecule has 2 aromatic carbocycles. The highest BCUT2D eigenvalue weighted by molar-refractivity contribution is 6.30. The third-order valence-corrected chi connectivity index (χ3v) is 6.67. The number of hydrogen-bond donors (Lipinski definition) is 2. The molecule has 2 N–H and O–H groups in total. The van der Waals surface area contributed by atoms with Gasteiger partial charge in [0.1, 0.15) is 0 Å². The quantitative estimate of drug-likeness (QED) is 0.541. The number of carboxylic acids is 1. The molecule has 3 rings (SSSR count). The van der Waals surface area contributed by atoms with Gasteiger partial charge in [-0.15, -0.1) is 0 Å². The molecular formula is C25H28Cl2N2O4. The lowest BCUT2D eigenvalue weighted by atomic mass is 9.74. The minimum Gasteiger partial charge on any atom is -0.481 e. The first-order chi connectivity index (χ1) is 15.7. The number of aliphatic carboxylic acids is 1. The number of nitrogens with zero attached hydrogens (tertiary/aromatic N) is 1. The molecule has 1 aliphatic rings. The summed E-state index contributed by atoms with van der Waals surface area (Å²) in [6, 6.07) is 14.2. The molecule has 2 amide bonds. The molecule has 4 atom stereocenters.